The van der Waals surface area contributed by atoms with E-state index in [9.17, 15) is 4.79 Å². The summed E-state index contributed by atoms with van der Waals surface area (Å²) in [5.74, 6) is 0.717. The number of nitrogens with zero attached hydrogens (tertiary/aromatic N) is 1. The SMILES string of the molecule is CN(Cc1ccccc1)C(=O)CNC1CCCC1C1COCCN1. The molecule has 3 rings (SSSR count). The lowest BCUT2D eigenvalue weighted by atomic mass is 9.94. The Morgan fingerprint density at radius 1 is 1.33 bits per heavy atom. The van der Waals surface area contributed by atoms with Crippen LogP contribution >= 0.6 is 0 Å². The average molecular weight is 331 g/mol. The van der Waals surface area contributed by atoms with Crippen molar-refractivity contribution >= 4 is 5.91 Å². The standard InChI is InChI=1S/C19H29N3O2/c1-22(13-15-6-3-2-4-7-15)19(23)12-21-17-9-5-8-16(17)18-14-24-11-10-20-18/h2-4,6-7,16-18,20-21H,5,8-14H2,1H3. The fourth-order valence-electron chi connectivity index (χ4n) is 3.88. The lowest BCUT2D eigenvalue weighted by Gasteiger charge is -2.33. The molecule has 2 N–H and O–H groups in total. The molecule has 5 nitrogen and oxygen atoms in total. The van der Waals surface area contributed by atoms with Crippen LogP contribution in [0.1, 0.15) is 24.8 Å². The number of carbonyl (C=O) groups is 1. The molecule has 5 heteroatoms. The quantitative estimate of drug-likeness (QED) is 0.827. The van der Waals surface area contributed by atoms with Gasteiger partial charge < -0.3 is 20.3 Å². The molecule has 132 valence electrons. The van der Waals surface area contributed by atoms with Gasteiger partial charge in [-0.05, 0) is 24.3 Å². The number of ether oxygens (including phenoxy) is 1. The summed E-state index contributed by atoms with van der Waals surface area (Å²) in [4.78, 5) is 14.2. The first kappa shape index (κ1) is 17.4. The largest absolute Gasteiger partial charge is 0.379 e. The van der Waals surface area contributed by atoms with Gasteiger partial charge in [0.05, 0.1) is 19.8 Å². The summed E-state index contributed by atoms with van der Waals surface area (Å²) in [6, 6.07) is 11.0. The van der Waals surface area contributed by atoms with E-state index in [4.69, 9.17) is 4.74 Å². The first-order valence-corrected chi connectivity index (χ1v) is 9.06. The van der Waals surface area contributed by atoms with Crippen LogP contribution in [0.25, 0.3) is 0 Å². The van der Waals surface area contributed by atoms with Crippen LogP contribution in [0.2, 0.25) is 0 Å². The summed E-state index contributed by atoms with van der Waals surface area (Å²) in [6.45, 7) is 3.62. The van der Waals surface area contributed by atoms with Gasteiger partial charge in [0.15, 0.2) is 0 Å². The Labute approximate surface area is 144 Å². The van der Waals surface area contributed by atoms with Crippen LogP contribution in [-0.4, -0.2) is 56.2 Å². The van der Waals surface area contributed by atoms with Gasteiger partial charge in [-0.1, -0.05) is 36.8 Å². The van der Waals surface area contributed by atoms with Crippen LogP contribution in [-0.2, 0) is 16.1 Å². The van der Waals surface area contributed by atoms with Crippen molar-refractivity contribution in [3.63, 3.8) is 0 Å². The van der Waals surface area contributed by atoms with E-state index in [0.29, 0.717) is 31.1 Å². The van der Waals surface area contributed by atoms with Crippen molar-refractivity contribution in [3.05, 3.63) is 35.9 Å². The van der Waals surface area contributed by atoms with Gasteiger partial charge in [0.1, 0.15) is 0 Å². The molecule has 1 aliphatic carbocycles. The van der Waals surface area contributed by atoms with E-state index in [1.807, 2.05) is 25.2 Å². The Bertz CT molecular complexity index is 517. The summed E-state index contributed by atoms with van der Waals surface area (Å²) in [6.07, 6.45) is 3.60. The zero-order chi connectivity index (χ0) is 16.8. The Balaban J connectivity index is 1.46. The fraction of sp³-hybridized carbons (Fsp3) is 0.632. The van der Waals surface area contributed by atoms with Crippen LogP contribution < -0.4 is 10.6 Å². The van der Waals surface area contributed by atoms with Gasteiger partial charge in [-0.15, -0.1) is 0 Å². The highest BCUT2D eigenvalue weighted by Crippen LogP contribution is 2.29. The maximum absolute atomic E-state index is 12.4. The van der Waals surface area contributed by atoms with E-state index in [-0.39, 0.29) is 5.91 Å². The van der Waals surface area contributed by atoms with Crippen molar-refractivity contribution in [2.45, 2.75) is 37.9 Å². The number of carbonyl (C=O) groups excluding carboxylic acids is 1. The van der Waals surface area contributed by atoms with E-state index < -0.39 is 0 Å². The highest BCUT2D eigenvalue weighted by Gasteiger charge is 2.34. The molecule has 1 saturated heterocycles. The Morgan fingerprint density at radius 3 is 2.92 bits per heavy atom. The van der Waals surface area contributed by atoms with Crippen LogP contribution in [0, 0.1) is 5.92 Å². The number of likely N-dealkylation sites (N-methyl/N-ethyl adjacent to an activating group) is 1. The summed E-state index contributed by atoms with van der Waals surface area (Å²) >= 11 is 0. The third-order valence-electron chi connectivity index (χ3n) is 5.24. The zero-order valence-electron chi connectivity index (χ0n) is 14.5. The highest BCUT2D eigenvalue weighted by molar-refractivity contribution is 5.78. The molecule has 1 aromatic rings. The molecule has 24 heavy (non-hydrogen) atoms. The molecule has 1 saturated carbocycles. The Kier molecular flexibility index (Phi) is 6.24. The lowest BCUT2D eigenvalue weighted by Crippen LogP contribution is -2.52. The molecule has 3 atom stereocenters. The van der Waals surface area contributed by atoms with Gasteiger partial charge >= 0.3 is 0 Å². The summed E-state index contributed by atoms with van der Waals surface area (Å²) in [5.41, 5.74) is 1.16. The minimum absolute atomic E-state index is 0.150. The molecule has 2 aliphatic rings. The number of nitrogens with one attached hydrogen (secondary N) is 2. The smallest absolute Gasteiger partial charge is 0.236 e. The summed E-state index contributed by atoms with van der Waals surface area (Å²) in [5, 5.41) is 7.08. The second-order valence-corrected chi connectivity index (χ2v) is 6.95. The van der Waals surface area contributed by atoms with Crippen molar-refractivity contribution in [1.29, 1.82) is 0 Å². The van der Waals surface area contributed by atoms with Crippen LogP contribution in [0.4, 0.5) is 0 Å². The number of hydrogen-bond acceptors (Lipinski definition) is 4. The average Bonchev–Trinajstić information content (AvgIpc) is 3.10. The molecule has 1 heterocycles. The van der Waals surface area contributed by atoms with Crippen molar-refractivity contribution in [2.24, 2.45) is 5.92 Å². The van der Waals surface area contributed by atoms with Crippen LogP contribution in [0.3, 0.4) is 0 Å². The zero-order valence-corrected chi connectivity index (χ0v) is 14.5. The van der Waals surface area contributed by atoms with Crippen molar-refractivity contribution < 1.29 is 9.53 Å². The second kappa shape index (κ2) is 8.60. The number of amides is 1. The monoisotopic (exact) mass is 331 g/mol. The summed E-state index contributed by atoms with van der Waals surface area (Å²) in [7, 11) is 1.87. The third kappa shape index (κ3) is 4.56. The van der Waals surface area contributed by atoms with Gasteiger partial charge in [-0.25, -0.2) is 0 Å². The van der Waals surface area contributed by atoms with Crippen LogP contribution in [0.15, 0.2) is 30.3 Å². The number of hydrogen-bond donors (Lipinski definition) is 2. The minimum atomic E-state index is 0.150. The van der Waals surface area contributed by atoms with E-state index >= 15 is 0 Å². The van der Waals surface area contributed by atoms with Crippen molar-refractivity contribution in [2.75, 3.05) is 33.4 Å². The molecular weight excluding hydrogens is 302 g/mol. The van der Waals surface area contributed by atoms with Gasteiger partial charge in [0, 0.05) is 32.2 Å². The molecule has 0 bridgehead atoms. The Morgan fingerprint density at radius 2 is 2.17 bits per heavy atom. The van der Waals surface area contributed by atoms with Gasteiger partial charge in [0.2, 0.25) is 5.91 Å². The molecule has 0 radical (unpaired) electrons. The topological polar surface area (TPSA) is 53.6 Å². The maximum atomic E-state index is 12.4. The molecule has 1 amide bonds. The first-order valence-electron chi connectivity index (χ1n) is 9.06. The predicted molar refractivity (Wildman–Crippen MR) is 94.7 cm³/mol. The van der Waals surface area contributed by atoms with E-state index in [0.717, 1.165) is 31.7 Å². The van der Waals surface area contributed by atoms with E-state index in [2.05, 4.69) is 22.8 Å². The van der Waals surface area contributed by atoms with Crippen molar-refractivity contribution in [1.82, 2.24) is 15.5 Å². The molecule has 0 spiro atoms. The second-order valence-electron chi connectivity index (χ2n) is 6.95. The highest BCUT2D eigenvalue weighted by atomic mass is 16.5. The number of benzene rings is 1. The molecule has 3 unspecified atom stereocenters. The number of morpholine rings is 1. The van der Waals surface area contributed by atoms with Crippen LogP contribution in [0.5, 0.6) is 0 Å². The van der Waals surface area contributed by atoms with Crippen molar-refractivity contribution in [3.8, 4) is 0 Å². The normalized spacial score (nSPS) is 27.1. The third-order valence-corrected chi connectivity index (χ3v) is 5.24. The number of rotatable bonds is 6. The predicted octanol–water partition coefficient (Wildman–Crippen LogP) is 1.39. The first-order chi connectivity index (χ1) is 11.7. The molecule has 0 aromatic heterocycles. The van der Waals surface area contributed by atoms with E-state index in [1.165, 1.54) is 12.8 Å². The summed E-state index contributed by atoms with van der Waals surface area (Å²) < 4.78 is 5.61. The van der Waals surface area contributed by atoms with E-state index in [1.54, 1.807) is 4.90 Å². The fourth-order valence-corrected chi connectivity index (χ4v) is 3.88. The lowest BCUT2D eigenvalue weighted by molar-refractivity contribution is -0.129. The Hall–Kier alpha value is -1.43. The van der Waals surface area contributed by atoms with Gasteiger partial charge in [-0.3, -0.25) is 4.79 Å². The minimum Gasteiger partial charge on any atom is -0.379 e. The molecular formula is C19H29N3O2. The molecule has 1 aliphatic heterocycles. The molecule has 1 aromatic carbocycles. The van der Waals surface area contributed by atoms with Gasteiger partial charge in [0.25, 0.3) is 0 Å². The van der Waals surface area contributed by atoms with Gasteiger partial charge in [-0.2, -0.15) is 0 Å². The molecule has 2 fully saturated rings. The maximum Gasteiger partial charge on any atom is 0.236 e.